The molecule has 1 heterocycles. The topological polar surface area (TPSA) is 42.2 Å². The third kappa shape index (κ3) is 1.58. The SMILES string of the molecule is CNCC1(C(=O)c2coc3ccccc23)CCC1. The molecule has 1 aromatic heterocycles. The van der Waals surface area contributed by atoms with Crippen LogP contribution in [-0.2, 0) is 0 Å². The number of benzene rings is 1. The van der Waals surface area contributed by atoms with E-state index < -0.39 is 0 Å². The number of ketones is 1. The molecule has 0 spiro atoms. The van der Waals surface area contributed by atoms with Crippen LogP contribution in [0.1, 0.15) is 29.6 Å². The van der Waals surface area contributed by atoms with Crippen molar-refractivity contribution in [2.75, 3.05) is 13.6 Å². The van der Waals surface area contributed by atoms with Gasteiger partial charge < -0.3 is 9.73 Å². The molecule has 1 saturated carbocycles. The minimum absolute atomic E-state index is 0.207. The minimum atomic E-state index is -0.207. The lowest BCUT2D eigenvalue weighted by molar-refractivity contribution is 0.0615. The van der Waals surface area contributed by atoms with Gasteiger partial charge >= 0.3 is 0 Å². The number of carbonyl (C=O) groups is 1. The van der Waals surface area contributed by atoms with Gasteiger partial charge in [0, 0.05) is 17.3 Å². The second kappa shape index (κ2) is 4.25. The lowest BCUT2D eigenvalue weighted by atomic mass is 9.64. The first-order chi connectivity index (χ1) is 8.77. The maximum absolute atomic E-state index is 12.7. The van der Waals surface area contributed by atoms with Crippen molar-refractivity contribution in [2.24, 2.45) is 5.41 Å². The zero-order valence-corrected chi connectivity index (χ0v) is 10.5. The fourth-order valence-electron chi connectivity index (χ4n) is 2.87. The van der Waals surface area contributed by atoms with Crippen LogP contribution in [0.4, 0.5) is 0 Å². The molecule has 0 radical (unpaired) electrons. The summed E-state index contributed by atoms with van der Waals surface area (Å²) in [6.45, 7) is 0.755. The monoisotopic (exact) mass is 243 g/mol. The van der Waals surface area contributed by atoms with Crippen molar-refractivity contribution in [1.29, 1.82) is 0 Å². The first-order valence-corrected chi connectivity index (χ1v) is 6.42. The van der Waals surface area contributed by atoms with Gasteiger partial charge in [0.2, 0.25) is 0 Å². The molecule has 1 aliphatic rings. The number of furan rings is 1. The van der Waals surface area contributed by atoms with Crippen molar-refractivity contribution in [3.63, 3.8) is 0 Å². The molecule has 1 aromatic carbocycles. The Morgan fingerprint density at radius 2 is 2.17 bits per heavy atom. The van der Waals surface area contributed by atoms with Gasteiger partial charge in [-0.1, -0.05) is 24.6 Å². The molecule has 0 saturated heterocycles. The van der Waals surface area contributed by atoms with Crippen molar-refractivity contribution >= 4 is 16.8 Å². The van der Waals surface area contributed by atoms with E-state index in [0.717, 1.165) is 42.3 Å². The Kier molecular flexibility index (Phi) is 2.71. The van der Waals surface area contributed by atoms with Gasteiger partial charge in [-0.15, -0.1) is 0 Å². The van der Waals surface area contributed by atoms with Gasteiger partial charge in [0.05, 0.1) is 5.56 Å². The highest BCUT2D eigenvalue weighted by atomic mass is 16.3. The molecule has 94 valence electrons. The van der Waals surface area contributed by atoms with Crippen LogP contribution in [0.25, 0.3) is 11.0 Å². The lowest BCUT2D eigenvalue weighted by Gasteiger charge is -2.40. The number of Topliss-reactive ketones (excluding diaryl/α,β-unsaturated/α-hetero) is 1. The number of nitrogens with one attached hydrogen (secondary N) is 1. The molecule has 3 heteroatoms. The molecule has 18 heavy (non-hydrogen) atoms. The van der Waals surface area contributed by atoms with E-state index in [1.165, 1.54) is 0 Å². The number of rotatable bonds is 4. The van der Waals surface area contributed by atoms with E-state index in [2.05, 4.69) is 5.32 Å². The summed E-state index contributed by atoms with van der Waals surface area (Å²) in [5.41, 5.74) is 1.32. The van der Waals surface area contributed by atoms with Crippen molar-refractivity contribution < 1.29 is 9.21 Å². The van der Waals surface area contributed by atoms with E-state index in [9.17, 15) is 4.79 Å². The molecule has 0 atom stereocenters. The van der Waals surface area contributed by atoms with Gasteiger partial charge in [0.25, 0.3) is 0 Å². The predicted octanol–water partition coefficient (Wildman–Crippen LogP) is 3.01. The van der Waals surface area contributed by atoms with E-state index in [1.54, 1.807) is 6.26 Å². The molecule has 3 rings (SSSR count). The molecular formula is C15H17NO2. The van der Waals surface area contributed by atoms with Gasteiger partial charge in [0.15, 0.2) is 5.78 Å². The van der Waals surface area contributed by atoms with Crippen molar-refractivity contribution in [2.45, 2.75) is 19.3 Å². The Balaban J connectivity index is 2.01. The maximum Gasteiger partial charge on any atom is 0.174 e. The van der Waals surface area contributed by atoms with Crippen LogP contribution >= 0.6 is 0 Å². The molecule has 1 aliphatic carbocycles. The van der Waals surface area contributed by atoms with Crippen LogP contribution in [-0.4, -0.2) is 19.4 Å². The quantitative estimate of drug-likeness (QED) is 0.839. The second-order valence-electron chi connectivity index (χ2n) is 5.14. The summed E-state index contributed by atoms with van der Waals surface area (Å²) in [4.78, 5) is 12.7. The first kappa shape index (κ1) is 11.5. The number of para-hydroxylation sites is 1. The van der Waals surface area contributed by atoms with E-state index in [4.69, 9.17) is 4.42 Å². The molecule has 3 nitrogen and oxygen atoms in total. The molecule has 0 aliphatic heterocycles. The summed E-state index contributed by atoms with van der Waals surface area (Å²) in [6.07, 6.45) is 4.71. The van der Waals surface area contributed by atoms with Crippen LogP contribution in [0.3, 0.4) is 0 Å². The standard InChI is InChI=1S/C15H17NO2/c1-16-10-15(7-4-8-15)14(17)12-9-18-13-6-3-2-5-11(12)13/h2-3,5-6,9,16H,4,7-8,10H2,1H3. The zero-order chi connectivity index (χ0) is 12.6. The number of hydrogen-bond acceptors (Lipinski definition) is 3. The van der Waals surface area contributed by atoms with Crippen molar-refractivity contribution in [1.82, 2.24) is 5.32 Å². The molecule has 2 aromatic rings. The Hall–Kier alpha value is -1.61. The number of hydrogen-bond donors (Lipinski definition) is 1. The predicted molar refractivity (Wildman–Crippen MR) is 70.8 cm³/mol. The van der Waals surface area contributed by atoms with Crippen molar-refractivity contribution in [3.05, 3.63) is 36.1 Å². The van der Waals surface area contributed by atoms with Crippen LogP contribution in [0.2, 0.25) is 0 Å². The smallest absolute Gasteiger partial charge is 0.174 e. The summed E-state index contributed by atoms with van der Waals surface area (Å²) in [6, 6.07) is 7.72. The zero-order valence-electron chi connectivity index (χ0n) is 10.5. The molecule has 0 bridgehead atoms. The Morgan fingerprint density at radius 3 is 2.83 bits per heavy atom. The highest BCUT2D eigenvalue weighted by Gasteiger charge is 2.44. The normalized spacial score (nSPS) is 17.6. The van der Waals surface area contributed by atoms with Crippen molar-refractivity contribution in [3.8, 4) is 0 Å². The van der Waals surface area contributed by atoms with Gasteiger partial charge in [0.1, 0.15) is 11.8 Å². The van der Waals surface area contributed by atoms with Crippen LogP contribution < -0.4 is 5.32 Å². The summed E-state index contributed by atoms with van der Waals surface area (Å²) < 4.78 is 5.47. The largest absolute Gasteiger partial charge is 0.464 e. The number of fused-ring (bicyclic) bond motifs is 1. The minimum Gasteiger partial charge on any atom is -0.464 e. The average Bonchev–Trinajstić information content (AvgIpc) is 2.76. The highest BCUT2D eigenvalue weighted by molar-refractivity contribution is 6.10. The fourth-order valence-corrected chi connectivity index (χ4v) is 2.87. The molecular weight excluding hydrogens is 226 g/mol. The average molecular weight is 243 g/mol. The maximum atomic E-state index is 12.7. The van der Waals surface area contributed by atoms with Gasteiger partial charge in [-0.05, 0) is 26.0 Å². The van der Waals surface area contributed by atoms with Crippen LogP contribution in [0, 0.1) is 5.41 Å². The fraction of sp³-hybridized carbons (Fsp3) is 0.400. The summed E-state index contributed by atoms with van der Waals surface area (Å²) in [5.74, 6) is 0.230. The lowest BCUT2D eigenvalue weighted by Crippen LogP contribution is -2.45. The summed E-state index contributed by atoms with van der Waals surface area (Å²) in [7, 11) is 1.90. The van der Waals surface area contributed by atoms with E-state index >= 15 is 0 Å². The Bertz CT molecular complexity index is 581. The van der Waals surface area contributed by atoms with Crippen LogP contribution in [0.5, 0.6) is 0 Å². The number of carbonyl (C=O) groups excluding carboxylic acids is 1. The van der Waals surface area contributed by atoms with E-state index in [0.29, 0.717) is 0 Å². The third-order valence-electron chi connectivity index (χ3n) is 4.03. The molecule has 0 amide bonds. The van der Waals surface area contributed by atoms with Gasteiger partial charge in [-0.2, -0.15) is 0 Å². The first-order valence-electron chi connectivity index (χ1n) is 6.42. The third-order valence-corrected chi connectivity index (χ3v) is 4.03. The van der Waals surface area contributed by atoms with Gasteiger partial charge in [-0.25, -0.2) is 0 Å². The molecule has 0 unspecified atom stereocenters. The van der Waals surface area contributed by atoms with Crippen LogP contribution in [0.15, 0.2) is 34.9 Å². The van der Waals surface area contributed by atoms with Gasteiger partial charge in [-0.3, -0.25) is 4.79 Å². The molecule has 1 N–H and O–H groups in total. The second-order valence-corrected chi connectivity index (χ2v) is 5.14. The molecule has 1 fully saturated rings. The van der Waals surface area contributed by atoms with E-state index in [1.807, 2.05) is 31.3 Å². The summed E-state index contributed by atoms with van der Waals surface area (Å²) in [5, 5.41) is 4.09. The Labute approximate surface area is 106 Å². The highest BCUT2D eigenvalue weighted by Crippen LogP contribution is 2.44. The van der Waals surface area contributed by atoms with E-state index in [-0.39, 0.29) is 11.2 Å². The summed E-state index contributed by atoms with van der Waals surface area (Å²) >= 11 is 0. The Morgan fingerprint density at radius 1 is 1.39 bits per heavy atom.